The van der Waals surface area contributed by atoms with Gasteiger partial charge in [0.1, 0.15) is 19.0 Å². The molecule has 4 aliphatic rings. The summed E-state index contributed by atoms with van der Waals surface area (Å²) in [7, 11) is 1.52. The van der Waals surface area contributed by atoms with Crippen molar-refractivity contribution in [3.63, 3.8) is 0 Å². The van der Waals surface area contributed by atoms with Gasteiger partial charge in [-0.1, -0.05) is 39.3 Å². The van der Waals surface area contributed by atoms with E-state index < -0.39 is 23.7 Å². The first-order valence-corrected chi connectivity index (χ1v) is 11.5. The van der Waals surface area contributed by atoms with Crippen molar-refractivity contribution < 1.29 is 29.3 Å². The predicted octanol–water partition coefficient (Wildman–Crippen LogP) is 2.68. The first kappa shape index (κ1) is 22.8. The Hall–Kier alpha value is -1.34. The topological polar surface area (TPSA) is 93.1 Å². The van der Waals surface area contributed by atoms with Crippen LogP contribution in [0, 0.1) is 40.4 Å². The first-order chi connectivity index (χ1) is 14.6. The molecule has 6 nitrogen and oxygen atoms in total. The highest BCUT2D eigenvalue weighted by molar-refractivity contribution is 6.01. The summed E-state index contributed by atoms with van der Waals surface area (Å²) in [5.74, 6) is 0.127. The zero-order valence-corrected chi connectivity index (χ0v) is 19.3. The Bertz CT molecular complexity index is 832. The number of allylic oxidation sites excluding steroid dienone is 4. The largest absolute Gasteiger partial charge is 0.393 e. The number of carbonyl (C=O) groups excluding carboxylic acids is 2. The molecule has 0 amide bonds. The molecule has 9 atom stereocenters. The summed E-state index contributed by atoms with van der Waals surface area (Å²) in [5.41, 5.74) is -1.06. The van der Waals surface area contributed by atoms with Gasteiger partial charge in [-0.3, -0.25) is 9.59 Å². The lowest BCUT2D eigenvalue weighted by molar-refractivity contribution is -0.223. The molecular weight excluding hydrogens is 396 g/mol. The van der Waals surface area contributed by atoms with E-state index in [9.17, 15) is 19.8 Å². The average molecular weight is 433 g/mol. The van der Waals surface area contributed by atoms with E-state index in [2.05, 4.69) is 20.8 Å². The van der Waals surface area contributed by atoms with Gasteiger partial charge in [-0.2, -0.15) is 0 Å². The van der Waals surface area contributed by atoms with E-state index in [0.29, 0.717) is 6.42 Å². The molecule has 3 unspecified atom stereocenters. The van der Waals surface area contributed by atoms with Gasteiger partial charge in [0, 0.05) is 23.9 Å². The summed E-state index contributed by atoms with van der Waals surface area (Å²) in [5, 5.41) is 21.4. The Kier molecular flexibility index (Phi) is 5.61. The molecule has 6 heteroatoms. The van der Waals surface area contributed by atoms with Crippen molar-refractivity contribution in [1.29, 1.82) is 0 Å². The normalized spacial score (nSPS) is 48.6. The molecule has 3 fully saturated rings. The average Bonchev–Trinajstić information content (AvgIpc) is 2.94. The number of methoxy groups -OCH3 is 1. The number of hydrogen-bond donors (Lipinski definition) is 2. The molecule has 0 spiro atoms. The number of aliphatic hydroxyl groups is 2. The van der Waals surface area contributed by atoms with Crippen molar-refractivity contribution in [3.8, 4) is 0 Å². The zero-order chi connectivity index (χ0) is 22.8. The highest BCUT2D eigenvalue weighted by atomic mass is 16.7. The molecule has 0 aliphatic heterocycles. The third-order valence-corrected chi connectivity index (χ3v) is 9.32. The summed E-state index contributed by atoms with van der Waals surface area (Å²) in [6.45, 7) is 7.76. The van der Waals surface area contributed by atoms with Crippen molar-refractivity contribution in [2.75, 3.05) is 20.5 Å². The number of hydrogen-bond acceptors (Lipinski definition) is 6. The molecule has 0 radical (unpaired) electrons. The fourth-order valence-electron chi connectivity index (χ4n) is 8.32. The van der Waals surface area contributed by atoms with Gasteiger partial charge >= 0.3 is 0 Å². The van der Waals surface area contributed by atoms with Crippen molar-refractivity contribution in [3.05, 3.63) is 23.8 Å². The summed E-state index contributed by atoms with van der Waals surface area (Å²) >= 11 is 0. The summed E-state index contributed by atoms with van der Waals surface area (Å²) in [6.07, 6.45) is 6.83. The van der Waals surface area contributed by atoms with Gasteiger partial charge in [0.05, 0.1) is 6.10 Å². The standard InChI is InChI=1S/C25H36O6/c1-14-8-17-19-9-15(2)25(21(29)12-26,31-13-30-5)24(19,4)11-20(28)22(17)23(3)7-6-16(27)10-18(14)23/h6-7,10,14-15,17,19-20,22,26,28H,8-9,11-13H2,1-5H3/t14?,15?,17-,19-,20?,22+,23-,24-,25-/m0/s1. The summed E-state index contributed by atoms with van der Waals surface area (Å²) in [4.78, 5) is 25.3. The van der Waals surface area contributed by atoms with Crippen LogP contribution in [0.3, 0.4) is 0 Å². The molecule has 2 N–H and O–H groups in total. The molecule has 0 bridgehead atoms. The van der Waals surface area contributed by atoms with Crippen molar-refractivity contribution in [2.45, 2.75) is 58.7 Å². The van der Waals surface area contributed by atoms with Crippen LogP contribution in [0.1, 0.15) is 47.0 Å². The Morgan fingerprint density at radius 2 is 1.97 bits per heavy atom. The Morgan fingerprint density at radius 3 is 2.61 bits per heavy atom. The zero-order valence-electron chi connectivity index (χ0n) is 19.3. The second kappa shape index (κ2) is 7.62. The minimum Gasteiger partial charge on any atom is -0.393 e. The van der Waals surface area contributed by atoms with E-state index in [4.69, 9.17) is 9.47 Å². The quantitative estimate of drug-likeness (QED) is 0.649. The molecule has 4 aliphatic carbocycles. The van der Waals surface area contributed by atoms with Crippen LogP contribution in [-0.4, -0.2) is 54.0 Å². The number of rotatable bonds is 5. The maximum Gasteiger partial charge on any atom is 0.190 e. The van der Waals surface area contributed by atoms with Crippen LogP contribution in [-0.2, 0) is 19.1 Å². The Morgan fingerprint density at radius 1 is 1.26 bits per heavy atom. The molecule has 0 aromatic rings. The van der Waals surface area contributed by atoms with Gasteiger partial charge in [0.15, 0.2) is 11.6 Å². The fraction of sp³-hybridized carbons (Fsp3) is 0.760. The number of aliphatic hydroxyl groups excluding tert-OH is 2. The third kappa shape index (κ3) is 2.91. The number of Topliss-reactive ketones (excluding diaryl/α,β-unsaturated/α-hetero) is 1. The minimum absolute atomic E-state index is 0.0166. The van der Waals surface area contributed by atoms with Gasteiger partial charge in [-0.05, 0) is 55.1 Å². The molecule has 3 saturated carbocycles. The molecule has 4 rings (SSSR count). The summed E-state index contributed by atoms with van der Waals surface area (Å²) < 4.78 is 11.3. The number of ether oxygens (including phenoxy) is 2. The van der Waals surface area contributed by atoms with Gasteiger partial charge in [-0.25, -0.2) is 0 Å². The maximum absolute atomic E-state index is 13.2. The fourth-order valence-corrected chi connectivity index (χ4v) is 8.32. The molecule has 172 valence electrons. The van der Waals surface area contributed by atoms with Crippen molar-refractivity contribution in [2.24, 2.45) is 40.4 Å². The Balaban J connectivity index is 1.81. The van der Waals surface area contributed by atoms with Crippen LogP contribution in [0.2, 0.25) is 0 Å². The molecule has 0 saturated heterocycles. The van der Waals surface area contributed by atoms with Crippen LogP contribution in [0.15, 0.2) is 23.8 Å². The minimum atomic E-state index is -1.19. The number of ketones is 2. The molecule has 31 heavy (non-hydrogen) atoms. The molecule has 0 aromatic heterocycles. The summed E-state index contributed by atoms with van der Waals surface area (Å²) in [6, 6.07) is 0. The van der Waals surface area contributed by atoms with Gasteiger partial charge in [0.25, 0.3) is 0 Å². The SMILES string of the molecule is COCO[C@]1(C(=O)CO)C(C)C[C@H]2[C@@H]3CC(C)C4=CC(=O)C=C[C@]4(C)[C@H]3C(O)C[C@@]21C. The van der Waals surface area contributed by atoms with Crippen molar-refractivity contribution >= 4 is 11.6 Å². The van der Waals surface area contributed by atoms with Gasteiger partial charge in [-0.15, -0.1) is 0 Å². The van der Waals surface area contributed by atoms with E-state index in [1.165, 1.54) is 7.11 Å². The third-order valence-electron chi connectivity index (χ3n) is 9.32. The highest BCUT2D eigenvalue weighted by Gasteiger charge is 2.71. The second-order valence-corrected chi connectivity index (χ2v) is 10.7. The van der Waals surface area contributed by atoms with E-state index in [1.54, 1.807) is 12.2 Å². The van der Waals surface area contributed by atoms with Gasteiger partial charge in [0.2, 0.25) is 0 Å². The van der Waals surface area contributed by atoms with Gasteiger partial charge < -0.3 is 19.7 Å². The van der Waals surface area contributed by atoms with Crippen LogP contribution in [0.5, 0.6) is 0 Å². The van der Waals surface area contributed by atoms with E-state index in [0.717, 1.165) is 18.4 Å². The lowest BCUT2D eigenvalue weighted by Crippen LogP contribution is -2.64. The van der Waals surface area contributed by atoms with Crippen LogP contribution < -0.4 is 0 Å². The second-order valence-electron chi connectivity index (χ2n) is 10.7. The van der Waals surface area contributed by atoms with E-state index in [1.807, 2.05) is 13.0 Å². The first-order valence-electron chi connectivity index (χ1n) is 11.5. The Labute approximate surface area is 184 Å². The number of fused-ring (bicyclic) bond motifs is 5. The van der Waals surface area contributed by atoms with Crippen LogP contribution in [0.4, 0.5) is 0 Å². The van der Waals surface area contributed by atoms with Crippen LogP contribution >= 0.6 is 0 Å². The molecular formula is C25H36O6. The smallest absolute Gasteiger partial charge is 0.190 e. The van der Waals surface area contributed by atoms with E-state index >= 15 is 0 Å². The lowest BCUT2D eigenvalue weighted by Gasteiger charge is -2.61. The lowest BCUT2D eigenvalue weighted by atomic mass is 9.44. The van der Waals surface area contributed by atoms with Crippen LogP contribution in [0.25, 0.3) is 0 Å². The molecule has 0 heterocycles. The maximum atomic E-state index is 13.2. The monoisotopic (exact) mass is 432 g/mol. The van der Waals surface area contributed by atoms with Crippen molar-refractivity contribution in [1.82, 2.24) is 0 Å². The predicted molar refractivity (Wildman–Crippen MR) is 115 cm³/mol. The van der Waals surface area contributed by atoms with E-state index in [-0.39, 0.29) is 53.4 Å². The number of carbonyl (C=O) groups is 2. The highest BCUT2D eigenvalue weighted by Crippen LogP contribution is 2.69. The molecule has 0 aromatic carbocycles.